The second-order valence-electron chi connectivity index (χ2n) is 15.2. The van der Waals surface area contributed by atoms with Crippen molar-refractivity contribution in [3.63, 3.8) is 0 Å². The number of rotatable bonds is 8. The average molecular weight is 740 g/mol. The van der Waals surface area contributed by atoms with E-state index in [1.807, 2.05) is 12.1 Å². The number of para-hydroxylation sites is 1. The molecule has 10 rings (SSSR count). The van der Waals surface area contributed by atoms with Gasteiger partial charge in [-0.1, -0.05) is 159 Å². The van der Waals surface area contributed by atoms with Gasteiger partial charge in [0.15, 0.2) is 8.07 Å². The van der Waals surface area contributed by atoms with E-state index in [9.17, 15) is 4.39 Å². The lowest BCUT2D eigenvalue weighted by molar-refractivity contribution is 0.491. The van der Waals surface area contributed by atoms with Crippen LogP contribution in [0.5, 0.6) is 0 Å². The highest BCUT2D eigenvalue weighted by Gasteiger charge is 2.45. The van der Waals surface area contributed by atoms with Crippen LogP contribution < -0.4 is 20.7 Å². The number of halogens is 1. The lowest BCUT2D eigenvalue weighted by Crippen LogP contribution is -2.74. The van der Waals surface area contributed by atoms with Gasteiger partial charge in [0.1, 0.15) is 5.82 Å². The van der Waals surface area contributed by atoms with E-state index >= 15 is 0 Å². The summed E-state index contributed by atoms with van der Waals surface area (Å²) < 4.78 is 16.2. The van der Waals surface area contributed by atoms with Crippen molar-refractivity contribution in [2.45, 2.75) is 32.1 Å². The van der Waals surface area contributed by atoms with E-state index in [2.05, 4.69) is 188 Å². The van der Waals surface area contributed by atoms with Crippen LogP contribution in [0.3, 0.4) is 0 Å². The van der Waals surface area contributed by atoms with Crippen LogP contribution >= 0.6 is 0 Å². The van der Waals surface area contributed by atoms with Crippen LogP contribution in [-0.2, 0) is 5.41 Å². The van der Waals surface area contributed by atoms with Crippen molar-refractivity contribution in [1.29, 1.82) is 0 Å². The standard InChI is InChI=1S/C53H42FNSi/c1-3-53(4-2)49-35-38(37-25-33-52-48(34-37)47-22-14-15-23-51(47)55(52)40-28-26-39(54)27-29-40)24-31-45(49)46-32-30-44(36-50(46)53)56(41-16-8-5-9-17-41,42-18-10-6-11-19-42)43-20-12-7-13-21-43/h5-36H,3-4H2,1-2H3. The van der Waals surface area contributed by atoms with Crippen molar-refractivity contribution in [2.24, 2.45) is 0 Å². The van der Waals surface area contributed by atoms with Crippen LogP contribution in [0, 0.1) is 5.82 Å². The average Bonchev–Trinajstić information content (AvgIpc) is 3.74. The van der Waals surface area contributed by atoms with Crippen molar-refractivity contribution in [3.8, 4) is 27.9 Å². The zero-order valence-corrected chi connectivity index (χ0v) is 32.7. The van der Waals surface area contributed by atoms with E-state index in [1.54, 1.807) is 0 Å². The molecule has 0 saturated carbocycles. The third-order valence-corrected chi connectivity index (χ3v) is 17.5. The summed E-state index contributed by atoms with van der Waals surface area (Å²) >= 11 is 0. The molecule has 270 valence electrons. The second-order valence-corrected chi connectivity index (χ2v) is 19.0. The van der Waals surface area contributed by atoms with Crippen molar-refractivity contribution in [1.82, 2.24) is 4.57 Å². The summed E-state index contributed by atoms with van der Waals surface area (Å²) in [6.07, 6.45) is 2.02. The Labute approximate surface area is 329 Å². The first-order chi connectivity index (χ1) is 27.6. The Morgan fingerprint density at radius 2 is 0.946 bits per heavy atom. The van der Waals surface area contributed by atoms with E-state index in [1.165, 1.54) is 77.0 Å². The highest BCUT2D eigenvalue weighted by Crippen LogP contribution is 2.53. The van der Waals surface area contributed by atoms with Gasteiger partial charge >= 0.3 is 0 Å². The van der Waals surface area contributed by atoms with Crippen molar-refractivity contribution < 1.29 is 4.39 Å². The zero-order chi connectivity index (χ0) is 37.9. The molecular formula is C53H42FNSi. The van der Waals surface area contributed by atoms with Crippen LogP contribution in [0.15, 0.2) is 194 Å². The molecule has 1 nitrogen and oxygen atoms in total. The molecule has 0 fully saturated rings. The van der Waals surface area contributed by atoms with Crippen LogP contribution in [0.1, 0.15) is 37.8 Å². The minimum Gasteiger partial charge on any atom is -0.309 e. The lowest BCUT2D eigenvalue weighted by atomic mass is 9.73. The SMILES string of the molecule is CCC1(CC)c2cc(-c3ccc4c(c3)c3ccccc3n4-c3ccc(F)cc3)ccc2-c2ccc([Si](c3ccccc3)(c3ccccc3)c3ccccc3)cc21. The van der Waals surface area contributed by atoms with Crippen LogP contribution in [0.2, 0.25) is 0 Å². The summed E-state index contributed by atoms with van der Waals surface area (Å²) in [6.45, 7) is 4.74. The van der Waals surface area contributed by atoms with E-state index in [4.69, 9.17) is 0 Å². The fourth-order valence-corrected chi connectivity index (χ4v) is 14.8. The van der Waals surface area contributed by atoms with E-state index in [-0.39, 0.29) is 11.2 Å². The zero-order valence-electron chi connectivity index (χ0n) is 31.7. The summed E-state index contributed by atoms with van der Waals surface area (Å²) in [4.78, 5) is 0. The molecule has 0 bridgehead atoms. The maximum absolute atomic E-state index is 14.0. The molecule has 0 radical (unpaired) electrons. The number of fused-ring (bicyclic) bond motifs is 6. The van der Waals surface area contributed by atoms with E-state index < -0.39 is 8.07 Å². The Morgan fingerprint density at radius 1 is 0.446 bits per heavy atom. The molecule has 8 aromatic carbocycles. The van der Waals surface area contributed by atoms with Gasteiger partial charge in [-0.25, -0.2) is 4.39 Å². The Bertz CT molecular complexity index is 2780. The maximum Gasteiger partial charge on any atom is 0.179 e. The molecule has 9 aromatic rings. The smallest absolute Gasteiger partial charge is 0.179 e. The summed E-state index contributed by atoms with van der Waals surface area (Å²) in [6, 6.07) is 70.5. The first-order valence-electron chi connectivity index (χ1n) is 19.8. The first kappa shape index (κ1) is 34.2. The van der Waals surface area contributed by atoms with Gasteiger partial charge in [-0.3, -0.25) is 0 Å². The normalized spacial score (nSPS) is 13.2. The number of hydrogen-bond acceptors (Lipinski definition) is 0. The van der Waals surface area contributed by atoms with Crippen LogP contribution in [0.25, 0.3) is 49.7 Å². The molecule has 1 aliphatic carbocycles. The molecule has 56 heavy (non-hydrogen) atoms. The minimum absolute atomic E-state index is 0.121. The van der Waals surface area contributed by atoms with Gasteiger partial charge in [0.25, 0.3) is 0 Å². The van der Waals surface area contributed by atoms with Gasteiger partial charge < -0.3 is 4.57 Å². The summed E-state index contributed by atoms with van der Waals surface area (Å²) in [5, 5.41) is 7.98. The molecule has 3 heteroatoms. The summed E-state index contributed by atoms with van der Waals surface area (Å²) in [5.41, 5.74) is 11.1. The minimum atomic E-state index is -2.69. The van der Waals surface area contributed by atoms with Gasteiger partial charge in [-0.05, 0) is 116 Å². The van der Waals surface area contributed by atoms with Crippen LogP contribution in [-0.4, -0.2) is 12.6 Å². The largest absolute Gasteiger partial charge is 0.309 e. The number of nitrogens with zero attached hydrogens (tertiary/aromatic N) is 1. The molecule has 1 aliphatic rings. The van der Waals surface area contributed by atoms with Crippen molar-refractivity contribution in [3.05, 3.63) is 211 Å². The number of aromatic nitrogens is 1. The Kier molecular flexibility index (Phi) is 8.23. The van der Waals surface area contributed by atoms with Gasteiger partial charge in [0, 0.05) is 21.9 Å². The highest BCUT2D eigenvalue weighted by atomic mass is 28.3. The third-order valence-electron chi connectivity index (χ3n) is 12.7. The topological polar surface area (TPSA) is 4.93 Å². The Balaban J connectivity index is 1.15. The Morgan fingerprint density at radius 3 is 1.55 bits per heavy atom. The molecule has 0 atom stereocenters. The Hall–Kier alpha value is -6.29. The van der Waals surface area contributed by atoms with Crippen molar-refractivity contribution in [2.75, 3.05) is 0 Å². The van der Waals surface area contributed by atoms with E-state index in [0.717, 1.165) is 29.6 Å². The molecule has 0 N–H and O–H groups in total. The van der Waals surface area contributed by atoms with Gasteiger partial charge in [0.2, 0.25) is 0 Å². The monoisotopic (exact) mass is 739 g/mol. The number of benzene rings is 8. The fourth-order valence-electron chi connectivity index (χ4n) is 10.0. The highest BCUT2D eigenvalue weighted by molar-refractivity contribution is 7.19. The van der Waals surface area contributed by atoms with Gasteiger partial charge in [0.05, 0.1) is 11.0 Å². The van der Waals surface area contributed by atoms with Gasteiger partial charge in [-0.15, -0.1) is 0 Å². The van der Waals surface area contributed by atoms with Crippen LogP contribution in [0.4, 0.5) is 4.39 Å². The predicted molar refractivity (Wildman–Crippen MR) is 237 cm³/mol. The second kappa shape index (κ2) is 13.5. The molecule has 0 amide bonds. The van der Waals surface area contributed by atoms with Crippen molar-refractivity contribution >= 4 is 50.6 Å². The maximum atomic E-state index is 14.0. The third kappa shape index (κ3) is 5.04. The predicted octanol–water partition coefficient (Wildman–Crippen LogP) is 11.1. The van der Waals surface area contributed by atoms with E-state index in [0.29, 0.717) is 0 Å². The molecule has 0 unspecified atom stereocenters. The molecule has 0 saturated heterocycles. The summed E-state index contributed by atoms with van der Waals surface area (Å²) in [5.74, 6) is -0.230. The van der Waals surface area contributed by atoms with Gasteiger partial charge in [-0.2, -0.15) is 0 Å². The quantitative estimate of drug-likeness (QED) is 0.108. The fraction of sp³-hybridized carbons (Fsp3) is 0.0943. The number of hydrogen-bond donors (Lipinski definition) is 0. The molecule has 0 aliphatic heterocycles. The molecular weight excluding hydrogens is 698 g/mol. The first-order valence-corrected chi connectivity index (χ1v) is 21.8. The molecule has 1 aromatic heterocycles. The molecule has 1 heterocycles. The lowest BCUT2D eigenvalue weighted by Gasteiger charge is -2.36. The molecule has 0 spiro atoms. The summed E-state index contributed by atoms with van der Waals surface area (Å²) in [7, 11) is -2.69.